The summed E-state index contributed by atoms with van der Waals surface area (Å²) in [5.74, 6) is 0. The molecule has 0 spiro atoms. The minimum Gasteiger partial charge on any atom is -0.399 e. The van der Waals surface area contributed by atoms with Crippen LogP contribution in [0.4, 0.5) is 0 Å². The van der Waals surface area contributed by atoms with Gasteiger partial charge in [-0.25, -0.2) is 0 Å². The Morgan fingerprint density at radius 3 is 1.32 bits per heavy atom. The van der Waals surface area contributed by atoms with E-state index >= 15 is 0 Å². The van der Waals surface area contributed by atoms with Crippen molar-refractivity contribution in [3.8, 4) is 11.1 Å². The zero-order valence-corrected chi connectivity index (χ0v) is 24.7. The summed E-state index contributed by atoms with van der Waals surface area (Å²) in [5, 5.41) is 5.47. The second-order valence-corrected chi connectivity index (χ2v) is 15.5. The van der Waals surface area contributed by atoms with E-state index in [-0.39, 0.29) is 18.3 Å². The Morgan fingerprint density at radius 2 is 0.850 bits per heavy atom. The van der Waals surface area contributed by atoms with Crippen molar-refractivity contribution < 1.29 is 9.31 Å². The lowest BCUT2D eigenvalue weighted by molar-refractivity contribution is 0.00578. The fraction of sp³-hybridized carbons (Fsp3) is 0.167. The van der Waals surface area contributed by atoms with Crippen molar-refractivity contribution in [1.82, 2.24) is 0 Å². The van der Waals surface area contributed by atoms with Gasteiger partial charge in [-0.05, 0) is 65.0 Å². The maximum atomic E-state index is 6.38. The third kappa shape index (κ3) is 4.56. The van der Waals surface area contributed by atoms with Gasteiger partial charge in [-0.15, -0.1) is 0 Å². The number of rotatable bonds is 6. The topological polar surface area (TPSA) is 18.5 Å². The van der Waals surface area contributed by atoms with Crippen LogP contribution in [0.25, 0.3) is 11.1 Å². The molecule has 6 rings (SSSR count). The van der Waals surface area contributed by atoms with Crippen molar-refractivity contribution in [1.29, 1.82) is 0 Å². The first-order chi connectivity index (χ1) is 19.3. The lowest BCUT2D eigenvalue weighted by atomic mass is 9.78. The molecular weight excluding hydrogens is 503 g/mol. The van der Waals surface area contributed by atoms with Crippen LogP contribution in [0.3, 0.4) is 0 Å². The zero-order chi connectivity index (χ0) is 27.8. The van der Waals surface area contributed by atoms with Gasteiger partial charge >= 0.3 is 7.12 Å². The van der Waals surface area contributed by atoms with Gasteiger partial charge in [0.25, 0.3) is 0 Å². The van der Waals surface area contributed by atoms with Gasteiger partial charge in [-0.1, -0.05) is 140 Å². The molecule has 198 valence electrons. The summed E-state index contributed by atoms with van der Waals surface area (Å²) < 4.78 is 12.8. The van der Waals surface area contributed by atoms with Crippen LogP contribution in [0.1, 0.15) is 27.7 Å². The largest absolute Gasteiger partial charge is 0.494 e. The van der Waals surface area contributed by atoms with Crippen LogP contribution in [0.2, 0.25) is 0 Å². The molecule has 0 radical (unpaired) electrons. The van der Waals surface area contributed by atoms with Gasteiger partial charge in [0.15, 0.2) is 8.07 Å². The molecule has 0 aliphatic carbocycles. The second-order valence-electron chi connectivity index (χ2n) is 11.6. The molecule has 40 heavy (non-hydrogen) atoms. The molecule has 1 heterocycles. The molecule has 4 heteroatoms. The molecule has 0 N–H and O–H groups in total. The van der Waals surface area contributed by atoms with E-state index in [0.29, 0.717) is 0 Å². The minimum absolute atomic E-state index is 0.375. The van der Waals surface area contributed by atoms with Crippen LogP contribution < -0.4 is 26.2 Å². The van der Waals surface area contributed by atoms with E-state index in [4.69, 9.17) is 9.31 Å². The lowest BCUT2D eigenvalue weighted by Crippen LogP contribution is -2.74. The first-order valence-corrected chi connectivity index (χ1v) is 16.0. The summed E-state index contributed by atoms with van der Waals surface area (Å²) in [7, 11) is -2.98. The molecule has 0 aromatic heterocycles. The van der Waals surface area contributed by atoms with Gasteiger partial charge < -0.3 is 9.31 Å². The molecule has 1 aliphatic rings. The normalized spacial score (nSPS) is 16.1. The fourth-order valence-electron chi connectivity index (χ4n) is 5.84. The number of benzene rings is 5. The van der Waals surface area contributed by atoms with Gasteiger partial charge in [0.05, 0.1) is 11.2 Å². The SMILES string of the molecule is CC1(C)OB(c2cccc(-c3cccc([Si](c4ccccc4)(c4ccccc4)c4ccccc4)c3)c2)OC1(C)C. The summed E-state index contributed by atoms with van der Waals surface area (Å²) in [4.78, 5) is 0. The molecule has 0 unspecified atom stereocenters. The minimum atomic E-state index is -2.59. The molecule has 0 atom stereocenters. The molecular formula is C36H35BO2Si. The van der Waals surface area contributed by atoms with Gasteiger partial charge in [0, 0.05) is 0 Å². The van der Waals surface area contributed by atoms with E-state index in [0.717, 1.165) is 11.0 Å². The molecule has 0 bridgehead atoms. The van der Waals surface area contributed by atoms with Crippen molar-refractivity contribution in [3.05, 3.63) is 140 Å². The van der Waals surface area contributed by atoms with Crippen LogP contribution in [0.5, 0.6) is 0 Å². The Hall–Kier alpha value is -3.70. The van der Waals surface area contributed by atoms with E-state index in [1.54, 1.807) is 0 Å². The maximum Gasteiger partial charge on any atom is 0.494 e. The Balaban J connectivity index is 1.52. The van der Waals surface area contributed by atoms with Crippen molar-refractivity contribution in [2.45, 2.75) is 38.9 Å². The summed E-state index contributed by atoms with van der Waals surface area (Å²) in [5.41, 5.74) is 2.64. The number of hydrogen-bond donors (Lipinski definition) is 0. The average Bonchev–Trinajstić information content (AvgIpc) is 3.22. The molecule has 5 aromatic rings. The van der Waals surface area contributed by atoms with E-state index in [1.807, 2.05) is 0 Å². The molecule has 0 saturated carbocycles. The Morgan fingerprint density at radius 1 is 0.450 bits per heavy atom. The van der Waals surface area contributed by atoms with Gasteiger partial charge in [0.1, 0.15) is 0 Å². The average molecular weight is 539 g/mol. The van der Waals surface area contributed by atoms with E-state index < -0.39 is 8.07 Å². The quantitative estimate of drug-likeness (QED) is 0.223. The smallest absolute Gasteiger partial charge is 0.399 e. The van der Waals surface area contributed by atoms with Gasteiger partial charge in [0.2, 0.25) is 0 Å². The lowest BCUT2D eigenvalue weighted by Gasteiger charge is -2.34. The van der Waals surface area contributed by atoms with E-state index in [9.17, 15) is 0 Å². The standard InChI is InChI=1S/C36H35BO2Si/c1-35(2)36(3,4)39-37(38-35)30-18-14-16-28(26-30)29-17-15-25-34(27-29)40(31-19-8-5-9-20-31,32-21-10-6-11-22-32)33-23-12-7-13-24-33/h5-27H,1-4H3. The van der Waals surface area contributed by atoms with Crippen molar-refractivity contribution >= 4 is 41.4 Å². The van der Waals surface area contributed by atoms with Crippen molar-refractivity contribution in [2.75, 3.05) is 0 Å². The first kappa shape index (κ1) is 26.5. The van der Waals surface area contributed by atoms with Gasteiger partial charge in [-0.3, -0.25) is 0 Å². The summed E-state index contributed by atoms with van der Waals surface area (Å²) in [6.45, 7) is 8.39. The van der Waals surface area contributed by atoms with Crippen LogP contribution in [0, 0.1) is 0 Å². The molecule has 1 aliphatic heterocycles. The molecule has 2 nitrogen and oxygen atoms in total. The number of hydrogen-bond acceptors (Lipinski definition) is 2. The van der Waals surface area contributed by atoms with Crippen LogP contribution in [-0.2, 0) is 9.31 Å². The van der Waals surface area contributed by atoms with Crippen molar-refractivity contribution in [2.24, 2.45) is 0 Å². The third-order valence-corrected chi connectivity index (χ3v) is 13.4. The summed E-state index contributed by atoms with van der Waals surface area (Å²) in [6, 6.07) is 50.9. The Kier molecular flexibility index (Phi) is 6.87. The predicted octanol–water partition coefficient (Wildman–Crippen LogP) is 5.03. The maximum absolute atomic E-state index is 6.38. The van der Waals surface area contributed by atoms with E-state index in [2.05, 4.69) is 167 Å². The fourth-order valence-corrected chi connectivity index (χ4v) is 10.6. The van der Waals surface area contributed by atoms with Crippen molar-refractivity contribution in [3.63, 3.8) is 0 Å². The van der Waals surface area contributed by atoms with Crippen LogP contribution >= 0.6 is 0 Å². The highest BCUT2D eigenvalue weighted by molar-refractivity contribution is 7.19. The highest BCUT2D eigenvalue weighted by Crippen LogP contribution is 2.36. The second kappa shape index (κ2) is 10.4. The molecule has 5 aromatic carbocycles. The molecule has 1 fully saturated rings. The molecule has 1 saturated heterocycles. The van der Waals surface area contributed by atoms with Crippen LogP contribution in [-0.4, -0.2) is 26.4 Å². The molecule has 0 amide bonds. The summed E-state index contributed by atoms with van der Waals surface area (Å²) in [6.07, 6.45) is 0. The first-order valence-electron chi connectivity index (χ1n) is 14.0. The Bertz CT molecular complexity index is 1490. The highest BCUT2D eigenvalue weighted by Gasteiger charge is 2.51. The van der Waals surface area contributed by atoms with Crippen LogP contribution in [0.15, 0.2) is 140 Å². The summed E-state index contributed by atoms with van der Waals surface area (Å²) >= 11 is 0. The van der Waals surface area contributed by atoms with E-state index in [1.165, 1.54) is 26.3 Å². The third-order valence-electron chi connectivity index (χ3n) is 8.66. The Labute approximate surface area is 239 Å². The zero-order valence-electron chi connectivity index (χ0n) is 23.7. The van der Waals surface area contributed by atoms with Gasteiger partial charge in [-0.2, -0.15) is 0 Å². The highest BCUT2D eigenvalue weighted by atomic mass is 28.3. The monoisotopic (exact) mass is 538 g/mol. The predicted molar refractivity (Wildman–Crippen MR) is 171 cm³/mol.